The van der Waals surface area contributed by atoms with Crippen LogP contribution in [-0.4, -0.2) is 5.21 Å². The maximum Gasteiger partial charge on any atom is 0.344 e. The lowest BCUT2D eigenvalue weighted by Crippen LogP contribution is -2.07. The van der Waals surface area contributed by atoms with E-state index >= 15 is 0 Å². The van der Waals surface area contributed by atoms with Gasteiger partial charge in [-0.2, -0.15) is 0 Å². The van der Waals surface area contributed by atoms with E-state index in [1.54, 1.807) is 48.5 Å². The molecule has 0 atom stereocenters. The van der Waals surface area contributed by atoms with E-state index in [0.29, 0.717) is 22.3 Å². The summed E-state index contributed by atoms with van der Waals surface area (Å²) in [7, 11) is 0. The molecular formula is C25H16NO7-. The van der Waals surface area contributed by atoms with Crippen LogP contribution in [0.3, 0.4) is 0 Å². The smallest absolute Gasteiger partial charge is 0.344 e. The second-order valence-electron chi connectivity index (χ2n) is 7.35. The van der Waals surface area contributed by atoms with E-state index in [-0.39, 0.29) is 28.7 Å². The molecule has 2 heterocycles. The Bertz CT molecular complexity index is 1580. The molecule has 33 heavy (non-hydrogen) atoms. The van der Waals surface area contributed by atoms with Crippen LogP contribution in [0.15, 0.2) is 97.3 Å². The molecule has 0 aliphatic carbocycles. The van der Waals surface area contributed by atoms with Crippen molar-refractivity contribution in [1.29, 1.82) is 0 Å². The topological polar surface area (TPSA) is 116 Å². The normalized spacial score (nSPS) is 11.1. The second-order valence-corrected chi connectivity index (χ2v) is 7.35. The quantitative estimate of drug-likeness (QED) is 0.304. The predicted molar refractivity (Wildman–Crippen MR) is 122 cm³/mol. The number of hydrogen-bond donors (Lipinski definition) is 1. The third-order valence-corrected chi connectivity index (χ3v) is 5.21. The van der Waals surface area contributed by atoms with Gasteiger partial charge in [-0.05, 0) is 42.0 Å². The van der Waals surface area contributed by atoms with Crippen molar-refractivity contribution in [3.05, 3.63) is 110 Å². The molecule has 3 aromatic carbocycles. The minimum Gasteiger partial charge on any atom is -0.733 e. The van der Waals surface area contributed by atoms with Crippen molar-refractivity contribution in [2.45, 2.75) is 6.61 Å². The fourth-order valence-corrected chi connectivity index (χ4v) is 3.59. The molecule has 5 aromatic rings. The summed E-state index contributed by atoms with van der Waals surface area (Å²) in [4.78, 5) is 24.9. The molecule has 0 fully saturated rings. The number of hydrogen-bond acceptors (Lipinski definition) is 8. The average molecular weight is 442 g/mol. The zero-order chi connectivity index (χ0) is 22.9. The van der Waals surface area contributed by atoms with Crippen molar-refractivity contribution in [3.63, 3.8) is 0 Å². The van der Waals surface area contributed by atoms with Gasteiger partial charge in [-0.3, -0.25) is 5.21 Å². The monoisotopic (exact) mass is 442 g/mol. The number of rotatable bonds is 5. The van der Waals surface area contributed by atoms with Crippen LogP contribution in [0.1, 0.15) is 5.56 Å². The number of nitrogens with zero attached hydrogens (tertiary/aromatic N) is 1. The van der Waals surface area contributed by atoms with E-state index in [0.717, 1.165) is 10.9 Å². The molecule has 8 heteroatoms. The molecular weight excluding hydrogens is 426 g/mol. The summed E-state index contributed by atoms with van der Waals surface area (Å²) in [5.74, 6) is 0.449. The number of para-hydroxylation sites is 1. The first-order chi connectivity index (χ1) is 16.0. The zero-order valence-corrected chi connectivity index (χ0v) is 17.1. The fraction of sp³-hybridized carbons (Fsp3) is 0.0400. The average Bonchev–Trinajstić information content (AvgIpc) is 2.81. The maximum atomic E-state index is 12.6. The highest BCUT2D eigenvalue weighted by molar-refractivity contribution is 5.95. The van der Waals surface area contributed by atoms with Crippen LogP contribution < -0.4 is 21.2 Å². The van der Waals surface area contributed by atoms with Gasteiger partial charge in [0.15, 0.2) is 0 Å². The van der Waals surface area contributed by atoms with Gasteiger partial charge in [0, 0.05) is 28.5 Å². The van der Waals surface area contributed by atoms with Crippen molar-refractivity contribution in [1.82, 2.24) is 0 Å². The molecule has 0 saturated carbocycles. The Morgan fingerprint density at radius 1 is 0.848 bits per heavy atom. The Hall–Kier alpha value is -4.40. The molecule has 5 rings (SSSR count). The van der Waals surface area contributed by atoms with E-state index in [2.05, 4.69) is 0 Å². The molecule has 8 nitrogen and oxygen atoms in total. The molecule has 0 amide bonds. The standard InChI is InChI=1S/C25H16NO7/c27-24-13-20(21-11-16-3-1-2-4-22(16)33-25(21)28)19-10-9-18(12-23(19)32-24)31-14-15-5-7-17(8-6-15)26(29)30/h1-13,29H,14H2/q-1. The van der Waals surface area contributed by atoms with Crippen LogP contribution in [0.2, 0.25) is 0 Å². The van der Waals surface area contributed by atoms with E-state index in [1.165, 1.54) is 18.2 Å². The fourth-order valence-electron chi connectivity index (χ4n) is 3.59. The summed E-state index contributed by atoms with van der Waals surface area (Å²) in [6.07, 6.45) is 0. The SMILES string of the molecule is O=c1cc(-c2cc3ccccc3oc2=O)c2ccc(OCc3ccc(N([O-])O)cc3)cc2o1. The molecule has 0 unspecified atom stereocenters. The van der Waals surface area contributed by atoms with Gasteiger partial charge in [-0.1, -0.05) is 30.3 Å². The van der Waals surface area contributed by atoms with Gasteiger partial charge in [0.05, 0.1) is 11.3 Å². The van der Waals surface area contributed by atoms with Crippen molar-refractivity contribution in [2.24, 2.45) is 0 Å². The lowest BCUT2D eigenvalue weighted by atomic mass is 10.0. The largest absolute Gasteiger partial charge is 0.733 e. The van der Waals surface area contributed by atoms with Gasteiger partial charge < -0.3 is 24.0 Å². The van der Waals surface area contributed by atoms with Gasteiger partial charge in [0.25, 0.3) is 0 Å². The van der Waals surface area contributed by atoms with Gasteiger partial charge in [0.2, 0.25) is 0 Å². The van der Waals surface area contributed by atoms with Gasteiger partial charge in [-0.15, -0.1) is 0 Å². The van der Waals surface area contributed by atoms with Gasteiger partial charge in [0.1, 0.15) is 23.5 Å². The Labute approximate surface area is 186 Å². The maximum absolute atomic E-state index is 12.6. The lowest BCUT2D eigenvalue weighted by molar-refractivity contribution is 0.295. The van der Waals surface area contributed by atoms with Crippen molar-refractivity contribution >= 4 is 27.6 Å². The van der Waals surface area contributed by atoms with Crippen LogP contribution in [-0.2, 0) is 6.61 Å². The van der Waals surface area contributed by atoms with E-state index in [4.69, 9.17) is 18.8 Å². The molecule has 164 valence electrons. The van der Waals surface area contributed by atoms with Crippen LogP contribution >= 0.6 is 0 Å². The van der Waals surface area contributed by atoms with E-state index in [9.17, 15) is 14.8 Å². The third-order valence-electron chi connectivity index (χ3n) is 5.21. The van der Waals surface area contributed by atoms with Crippen LogP contribution in [0.5, 0.6) is 5.75 Å². The van der Waals surface area contributed by atoms with Crippen molar-refractivity contribution < 1.29 is 18.8 Å². The van der Waals surface area contributed by atoms with Crippen molar-refractivity contribution in [2.75, 3.05) is 5.23 Å². The van der Waals surface area contributed by atoms with Crippen molar-refractivity contribution in [3.8, 4) is 16.9 Å². The summed E-state index contributed by atoms with van der Waals surface area (Å²) >= 11 is 0. The summed E-state index contributed by atoms with van der Waals surface area (Å²) in [6, 6.07) is 21.3. The summed E-state index contributed by atoms with van der Waals surface area (Å²) < 4.78 is 16.5. The Kier molecular flexibility index (Phi) is 5.14. The number of benzene rings is 3. The Balaban J connectivity index is 1.49. The minimum absolute atomic E-state index is 0.108. The molecule has 0 spiro atoms. The number of anilines is 1. The molecule has 0 bridgehead atoms. The van der Waals surface area contributed by atoms with Crippen LogP contribution in [0.25, 0.3) is 33.1 Å². The van der Waals surface area contributed by atoms with Crippen LogP contribution in [0.4, 0.5) is 5.69 Å². The molecule has 0 aliphatic rings. The molecule has 1 N–H and O–H groups in total. The molecule has 0 aliphatic heterocycles. The Morgan fingerprint density at radius 2 is 1.64 bits per heavy atom. The Morgan fingerprint density at radius 3 is 2.42 bits per heavy atom. The first-order valence-corrected chi connectivity index (χ1v) is 9.97. The zero-order valence-electron chi connectivity index (χ0n) is 17.1. The first-order valence-electron chi connectivity index (χ1n) is 9.97. The third kappa shape index (κ3) is 4.08. The molecule has 2 aromatic heterocycles. The summed E-state index contributed by atoms with van der Waals surface area (Å²) in [5, 5.41) is 20.9. The van der Waals surface area contributed by atoms with Crippen LogP contribution in [0, 0.1) is 5.21 Å². The minimum atomic E-state index is -0.607. The summed E-state index contributed by atoms with van der Waals surface area (Å²) in [6.45, 7) is 0.189. The first kappa shape index (κ1) is 20.5. The predicted octanol–water partition coefficient (Wildman–Crippen LogP) is 4.84. The number of ether oxygens (including phenoxy) is 1. The second kappa shape index (κ2) is 8.27. The van der Waals surface area contributed by atoms with E-state index in [1.807, 2.05) is 12.1 Å². The lowest BCUT2D eigenvalue weighted by Gasteiger charge is -2.21. The molecule has 0 saturated heterocycles. The highest BCUT2D eigenvalue weighted by Gasteiger charge is 2.14. The summed E-state index contributed by atoms with van der Waals surface area (Å²) in [5.41, 5.74) is 1.12. The molecule has 0 radical (unpaired) electrons. The number of fused-ring (bicyclic) bond motifs is 2. The highest BCUT2D eigenvalue weighted by Crippen LogP contribution is 2.30. The van der Waals surface area contributed by atoms with Gasteiger partial charge >= 0.3 is 11.3 Å². The highest BCUT2D eigenvalue weighted by atomic mass is 16.8. The van der Waals surface area contributed by atoms with Gasteiger partial charge in [-0.25, -0.2) is 9.59 Å². The van der Waals surface area contributed by atoms with E-state index < -0.39 is 11.3 Å².